The summed E-state index contributed by atoms with van der Waals surface area (Å²) in [7, 11) is 0. The predicted molar refractivity (Wildman–Crippen MR) is 67.6 cm³/mol. The second kappa shape index (κ2) is 5.57. The Morgan fingerprint density at radius 1 is 1.10 bits per heavy atom. The van der Waals surface area contributed by atoms with Gasteiger partial charge in [-0.15, -0.1) is 48.0 Å². The highest BCUT2D eigenvalue weighted by atomic mass is 127. The first-order valence-corrected chi connectivity index (χ1v) is 3.05. The van der Waals surface area contributed by atoms with Crippen molar-refractivity contribution >= 4 is 48.0 Å². The van der Waals surface area contributed by atoms with Crippen LogP contribution in [0.4, 0.5) is 0 Å². The predicted octanol–water partition coefficient (Wildman–Crippen LogP) is 3.91. The van der Waals surface area contributed by atoms with Gasteiger partial charge in [0.25, 0.3) is 0 Å². The molecule has 0 N–H and O–H groups in total. The summed E-state index contributed by atoms with van der Waals surface area (Å²) in [5, 5.41) is 0. The molecule has 0 saturated carbocycles. The Hall–Kier alpha value is 0.940. The Morgan fingerprint density at radius 3 is 1.70 bits per heavy atom. The molecule has 0 saturated heterocycles. The average molecular weight is 364 g/mol. The van der Waals surface area contributed by atoms with Gasteiger partial charge in [-0.25, -0.2) is 0 Å². The molecule has 10 heavy (non-hydrogen) atoms. The van der Waals surface area contributed by atoms with Crippen molar-refractivity contribution in [3.8, 4) is 0 Å². The third kappa shape index (κ3) is 2.90. The fraction of sp³-hybridized carbons (Fsp3) is 0.500. The highest BCUT2D eigenvalue weighted by Crippen LogP contribution is 2.23. The summed E-state index contributed by atoms with van der Waals surface area (Å²) in [5.41, 5.74) is 4.48. The van der Waals surface area contributed by atoms with Crippen LogP contribution in [0.5, 0.6) is 0 Å². The average Bonchev–Trinajstić information content (AvgIpc) is 1.98. The number of allylic oxidation sites excluding steroid dienone is 4. The van der Waals surface area contributed by atoms with Gasteiger partial charge in [0.05, 0.1) is 0 Å². The van der Waals surface area contributed by atoms with E-state index in [4.69, 9.17) is 0 Å². The van der Waals surface area contributed by atoms with Crippen LogP contribution in [0.1, 0.15) is 27.2 Å². The van der Waals surface area contributed by atoms with E-state index in [1.54, 1.807) is 0 Å². The van der Waals surface area contributed by atoms with Gasteiger partial charge in [0, 0.05) is 0 Å². The number of hydrogen-bond donors (Lipinski definition) is 0. The zero-order valence-corrected chi connectivity index (χ0v) is 11.3. The first-order chi connectivity index (χ1) is 3.72. The van der Waals surface area contributed by atoms with Crippen LogP contribution in [0, 0.1) is 0 Å². The standard InChI is InChI=1S/C8H12.2HI/c1-6-4-5-7(2)8(6)3;;/h4H,5H2,1-3H3;2*1H. The van der Waals surface area contributed by atoms with Crippen LogP contribution in [-0.4, -0.2) is 0 Å². The van der Waals surface area contributed by atoms with E-state index in [1.807, 2.05) is 0 Å². The Labute approximate surface area is 97.2 Å². The van der Waals surface area contributed by atoms with E-state index in [0.29, 0.717) is 0 Å². The Kier molecular flexibility index (Phi) is 7.54. The minimum absolute atomic E-state index is 0. The van der Waals surface area contributed by atoms with Gasteiger partial charge in [-0.2, -0.15) is 0 Å². The molecule has 0 fully saturated rings. The molecule has 0 aromatic heterocycles. The lowest BCUT2D eigenvalue weighted by molar-refractivity contribution is 1.22. The lowest BCUT2D eigenvalue weighted by Crippen LogP contribution is -1.73. The lowest BCUT2D eigenvalue weighted by atomic mass is 10.1. The zero-order chi connectivity index (χ0) is 6.15. The molecular weight excluding hydrogens is 350 g/mol. The largest absolute Gasteiger partial charge is 0.107 e. The molecule has 1 aliphatic carbocycles. The lowest BCUT2D eigenvalue weighted by Gasteiger charge is -1.93. The van der Waals surface area contributed by atoms with Crippen molar-refractivity contribution in [2.75, 3.05) is 0 Å². The highest BCUT2D eigenvalue weighted by Gasteiger charge is 2.03. The van der Waals surface area contributed by atoms with Gasteiger partial charge in [0.15, 0.2) is 0 Å². The van der Waals surface area contributed by atoms with Crippen LogP contribution in [0.25, 0.3) is 0 Å². The molecule has 0 bridgehead atoms. The quantitative estimate of drug-likeness (QED) is 0.572. The van der Waals surface area contributed by atoms with E-state index in [-0.39, 0.29) is 48.0 Å². The van der Waals surface area contributed by atoms with Gasteiger partial charge in [0.1, 0.15) is 0 Å². The van der Waals surface area contributed by atoms with Gasteiger partial charge in [-0.05, 0) is 32.8 Å². The summed E-state index contributed by atoms with van der Waals surface area (Å²) in [4.78, 5) is 0. The monoisotopic (exact) mass is 364 g/mol. The molecule has 0 aromatic carbocycles. The van der Waals surface area contributed by atoms with E-state index < -0.39 is 0 Å². The van der Waals surface area contributed by atoms with Crippen molar-refractivity contribution in [2.45, 2.75) is 27.2 Å². The first-order valence-electron chi connectivity index (χ1n) is 3.05. The minimum Gasteiger partial charge on any atom is -0.107 e. The molecule has 0 aliphatic heterocycles. The molecule has 0 amide bonds. The summed E-state index contributed by atoms with van der Waals surface area (Å²) >= 11 is 0. The molecule has 0 aromatic rings. The second-order valence-corrected chi connectivity index (χ2v) is 2.50. The summed E-state index contributed by atoms with van der Waals surface area (Å²) in [6.07, 6.45) is 3.46. The van der Waals surface area contributed by atoms with Crippen LogP contribution >= 0.6 is 48.0 Å². The molecule has 0 unspecified atom stereocenters. The summed E-state index contributed by atoms with van der Waals surface area (Å²) in [6.45, 7) is 6.56. The third-order valence-electron chi connectivity index (χ3n) is 1.95. The van der Waals surface area contributed by atoms with Gasteiger partial charge < -0.3 is 0 Å². The van der Waals surface area contributed by atoms with Crippen molar-refractivity contribution in [3.05, 3.63) is 22.8 Å². The Bertz CT molecular complexity index is 161. The van der Waals surface area contributed by atoms with Crippen LogP contribution < -0.4 is 0 Å². The van der Waals surface area contributed by atoms with Crippen molar-refractivity contribution in [1.82, 2.24) is 0 Å². The molecule has 0 spiro atoms. The van der Waals surface area contributed by atoms with Crippen molar-refractivity contribution in [3.63, 3.8) is 0 Å². The molecule has 0 radical (unpaired) electrons. The molecule has 60 valence electrons. The van der Waals surface area contributed by atoms with Crippen LogP contribution in [0.2, 0.25) is 0 Å². The van der Waals surface area contributed by atoms with E-state index in [0.717, 1.165) is 0 Å². The molecule has 0 heterocycles. The van der Waals surface area contributed by atoms with Crippen molar-refractivity contribution in [2.24, 2.45) is 0 Å². The first kappa shape index (κ1) is 13.5. The van der Waals surface area contributed by atoms with E-state index >= 15 is 0 Å². The summed E-state index contributed by atoms with van der Waals surface area (Å²) in [6, 6.07) is 0. The normalized spacial score (nSPS) is 15.7. The zero-order valence-electron chi connectivity index (χ0n) is 6.60. The topological polar surface area (TPSA) is 0 Å². The number of hydrogen-bond acceptors (Lipinski definition) is 0. The summed E-state index contributed by atoms with van der Waals surface area (Å²) < 4.78 is 0. The van der Waals surface area contributed by atoms with E-state index in [2.05, 4.69) is 26.8 Å². The van der Waals surface area contributed by atoms with E-state index in [1.165, 1.54) is 23.1 Å². The maximum atomic E-state index is 2.28. The maximum Gasteiger partial charge on any atom is -0.0130 e. The van der Waals surface area contributed by atoms with Gasteiger partial charge in [0.2, 0.25) is 0 Å². The van der Waals surface area contributed by atoms with Gasteiger partial charge in [-0.1, -0.05) is 17.2 Å². The maximum absolute atomic E-state index is 2.28. The third-order valence-corrected chi connectivity index (χ3v) is 1.95. The number of rotatable bonds is 0. The fourth-order valence-corrected chi connectivity index (χ4v) is 0.949. The molecule has 1 rings (SSSR count). The van der Waals surface area contributed by atoms with Crippen molar-refractivity contribution in [1.29, 1.82) is 0 Å². The van der Waals surface area contributed by atoms with E-state index in [9.17, 15) is 0 Å². The minimum atomic E-state index is 0. The highest BCUT2D eigenvalue weighted by molar-refractivity contribution is 14.0. The van der Waals surface area contributed by atoms with Crippen LogP contribution in [-0.2, 0) is 0 Å². The van der Waals surface area contributed by atoms with Gasteiger partial charge in [-0.3, -0.25) is 0 Å². The molecular formula is C8H14I2. The molecule has 2 heteroatoms. The smallest absolute Gasteiger partial charge is 0.0130 e. The van der Waals surface area contributed by atoms with Gasteiger partial charge >= 0.3 is 0 Å². The van der Waals surface area contributed by atoms with Crippen LogP contribution in [0.15, 0.2) is 22.8 Å². The molecule has 1 aliphatic rings. The second-order valence-electron chi connectivity index (χ2n) is 2.50. The Balaban J connectivity index is 0. The Morgan fingerprint density at radius 2 is 1.60 bits per heavy atom. The fourth-order valence-electron chi connectivity index (χ4n) is 0.949. The SMILES string of the molecule is CC1=CCC(C)=C1C.I.I. The summed E-state index contributed by atoms with van der Waals surface area (Å²) in [5.74, 6) is 0. The molecule has 0 atom stereocenters. The van der Waals surface area contributed by atoms with Crippen LogP contribution in [0.3, 0.4) is 0 Å². The molecule has 0 nitrogen and oxygen atoms in total. The number of halogens is 2. The van der Waals surface area contributed by atoms with Crippen molar-refractivity contribution < 1.29 is 0 Å².